The topological polar surface area (TPSA) is 76.1 Å². The predicted molar refractivity (Wildman–Crippen MR) is 112 cm³/mol. The van der Waals surface area contributed by atoms with Crippen LogP contribution in [0.5, 0.6) is 11.6 Å². The average Bonchev–Trinajstić information content (AvgIpc) is 3.21. The van der Waals surface area contributed by atoms with Gasteiger partial charge in [0.2, 0.25) is 11.8 Å². The molecule has 0 radical (unpaired) electrons. The monoisotopic (exact) mass is 426 g/mol. The van der Waals surface area contributed by atoms with Gasteiger partial charge < -0.3 is 15.4 Å². The minimum atomic E-state index is -0.556. The van der Waals surface area contributed by atoms with Crippen LogP contribution in [0.25, 0.3) is 10.2 Å². The lowest BCUT2D eigenvalue weighted by molar-refractivity contribution is -0.115. The van der Waals surface area contributed by atoms with E-state index in [-0.39, 0.29) is 23.9 Å². The number of hydrogen-bond acceptors (Lipinski definition) is 6. The maximum Gasteiger partial charge on any atom is 0.240 e. The normalized spacial score (nSPS) is 10.7. The minimum Gasteiger partial charge on any atom is -0.434 e. The SMILES string of the molecule is O=C(CCNc1ccc(Oc2ncnc3ccsc23)c(F)c1)Nc1ccc(F)cc1. The van der Waals surface area contributed by atoms with Gasteiger partial charge in [-0.1, -0.05) is 0 Å². The Kier molecular flexibility index (Phi) is 5.80. The highest BCUT2D eigenvalue weighted by atomic mass is 32.1. The average molecular weight is 426 g/mol. The summed E-state index contributed by atoms with van der Waals surface area (Å²) in [7, 11) is 0. The minimum absolute atomic E-state index is 0.0444. The fraction of sp³-hybridized carbons (Fsp3) is 0.0952. The summed E-state index contributed by atoms with van der Waals surface area (Å²) < 4.78 is 33.7. The van der Waals surface area contributed by atoms with E-state index in [1.807, 2.05) is 11.4 Å². The standard InChI is InChI=1S/C21H16F2N4O2S/c22-13-1-3-14(4-2-13)27-19(28)7-9-24-15-5-6-18(16(23)11-15)29-21-20-17(8-10-30-20)25-12-26-21/h1-6,8,10-12,24H,7,9H2,(H,27,28). The van der Waals surface area contributed by atoms with Crippen molar-refractivity contribution in [3.63, 3.8) is 0 Å². The molecule has 4 rings (SSSR count). The van der Waals surface area contributed by atoms with Gasteiger partial charge in [-0.2, -0.15) is 0 Å². The predicted octanol–water partition coefficient (Wildman–Crippen LogP) is 5.20. The summed E-state index contributed by atoms with van der Waals surface area (Å²) in [5, 5.41) is 7.52. The molecule has 0 atom stereocenters. The van der Waals surface area contributed by atoms with Crippen molar-refractivity contribution in [2.24, 2.45) is 0 Å². The fourth-order valence-corrected chi connectivity index (χ4v) is 3.48. The zero-order valence-electron chi connectivity index (χ0n) is 15.6. The molecule has 2 aromatic heterocycles. The Morgan fingerprint density at radius 3 is 2.63 bits per heavy atom. The molecule has 0 saturated heterocycles. The number of aromatic nitrogens is 2. The third-order valence-electron chi connectivity index (χ3n) is 4.16. The molecule has 2 N–H and O–H groups in total. The Bertz CT molecular complexity index is 1180. The smallest absolute Gasteiger partial charge is 0.240 e. The van der Waals surface area contributed by atoms with Crippen molar-refractivity contribution < 1.29 is 18.3 Å². The molecule has 4 aromatic rings. The molecule has 0 saturated carbocycles. The van der Waals surface area contributed by atoms with E-state index in [1.165, 1.54) is 54.1 Å². The molecule has 2 aromatic carbocycles. The molecular weight excluding hydrogens is 410 g/mol. The van der Waals surface area contributed by atoms with Crippen LogP contribution in [-0.4, -0.2) is 22.4 Å². The van der Waals surface area contributed by atoms with Crippen molar-refractivity contribution in [3.8, 4) is 11.6 Å². The van der Waals surface area contributed by atoms with Gasteiger partial charge >= 0.3 is 0 Å². The van der Waals surface area contributed by atoms with Gasteiger partial charge in [0.25, 0.3) is 0 Å². The van der Waals surface area contributed by atoms with Crippen molar-refractivity contribution in [1.29, 1.82) is 0 Å². The quantitative estimate of drug-likeness (QED) is 0.425. The van der Waals surface area contributed by atoms with Gasteiger partial charge in [0.15, 0.2) is 11.6 Å². The van der Waals surface area contributed by atoms with E-state index in [0.717, 1.165) is 10.2 Å². The summed E-state index contributed by atoms with van der Waals surface area (Å²) >= 11 is 1.42. The molecule has 1 amide bonds. The third-order valence-corrected chi connectivity index (χ3v) is 5.05. The van der Waals surface area contributed by atoms with Crippen molar-refractivity contribution in [2.45, 2.75) is 6.42 Å². The van der Waals surface area contributed by atoms with Crippen LogP contribution in [0.1, 0.15) is 6.42 Å². The molecule has 0 spiro atoms. The number of amides is 1. The number of anilines is 2. The molecule has 0 aliphatic rings. The number of thiophene rings is 1. The maximum absolute atomic E-state index is 14.5. The van der Waals surface area contributed by atoms with E-state index in [4.69, 9.17) is 4.74 Å². The summed E-state index contributed by atoms with van der Waals surface area (Å²) in [6.07, 6.45) is 1.53. The molecule has 0 aliphatic heterocycles. The number of fused-ring (bicyclic) bond motifs is 1. The van der Waals surface area contributed by atoms with Crippen molar-refractivity contribution in [2.75, 3.05) is 17.2 Å². The molecule has 0 fully saturated rings. The van der Waals surface area contributed by atoms with Gasteiger partial charge in [0, 0.05) is 30.4 Å². The number of carbonyl (C=O) groups excluding carboxylic acids is 1. The largest absolute Gasteiger partial charge is 0.434 e. The molecular formula is C21H16F2N4O2S. The Balaban J connectivity index is 1.32. The summed E-state index contributed by atoms with van der Waals surface area (Å²) in [5.41, 5.74) is 1.76. The highest BCUT2D eigenvalue weighted by Gasteiger charge is 2.11. The Morgan fingerprint density at radius 2 is 1.83 bits per heavy atom. The lowest BCUT2D eigenvalue weighted by atomic mass is 10.2. The van der Waals surface area contributed by atoms with E-state index in [0.29, 0.717) is 23.8 Å². The van der Waals surface area contributed by atoms with Gasteiger partial charge in [-0.05, 0) is 47.8 Å². The number of nitrogens with zero attached hydrogens (tertiary/aromatic N) is 2. The van der Waals surface area contributed by atoms with Crippen molar-refractivity contribution >= 4 is 38.8 Å². The van der Waals surface area contributed by atoms with Gasteiger partial charge in [0.1, 0.15) is 16.8 Å². The van der Waals surface area contributed by atoms with E-state index >= 15 is 0 Å². The molecule has 0 aliphatic carbocycles. The van der Waals surface area contributed by atoms with Gasteiger partial charge in [0.05, 0.1) is 5.52 Å². The highest BCUT2D eigenvalue weighted by molar-refractivity contribution is 7.17. The second kappa shape index (κ2) is 8.83. The number of hydrogen-bond donors (Lipinski definition) is 2. The number of ether oxygens (including phenoxy) is 1. The first-order valence-corrected chi connectivity index (χ1v) is 9.91. The summed E-state index contributed by atoms with van der Waals surface area (Å²) in [4.78, 5) is 20.1. The first kappa shape index (κ1) is 19.7. The molecule has 6 nitrogen and oxygen atoms in total. The zero-order valence-corrected chi connectivity index (χ0v) is 16.4. The Labute approximate surface area is 174 Å². The van der Waals surface area contributed by atoms with Crippen LogP contribution in [0.2, 0.25) is 0 Å². The van der Waals surface area contributed by atoms with Crippen LogP contribution in [-0.2, 0) is 4.79 Å². The molecule has 30 heavy (non-hydrogen) atoms. The zero-order chi connectivity index (χ0) is 20.9. The summed E-state index contributed by atoms with van der Waals surface area (Å²) in [5.74, 6) is -0.823. The number of nitrogens with one attached hydrogen (secondary N) is 2. The lowest BCUT2D eigenvalue weighted by Gasteiger charge is -2.10. The van der Waals surface area contributed by atoms with Gasteiger partial charge in [-0.3, -0.25) is 4.79 Å². The molecule has 152 valence electrons. The van der Waals surface area contributed by atoms with Crippen LogP contribution in [0.3, 0.4) is 0 Å². The second-order valence-corrected chi connectivity index (χ2v) is 7.21. The lowest BCUT2D eigenvalue weighted by Crippen LogP contribution is -2.16. The van der Waals surface area contributed by atoms with E-state index < -0.39 is 5.82 Å². The number of rotatable bonds is 7. The first-order valence-electron chi connectivity index (χ1n) is 9.03. The Hall–Kier alpha value is -3.59. The van der Waals surface area contributed by atoms with Crippen LogP contribution in [0, 0.1) is 11.6 Å². The van der Waals surface area contributed by atoms with Gasteiger partial charge in [-0.15, -0.1) is 11.3 Å². The summed E-state index contributed by atoms with van der Waals surface area (Å²) in [6.45, 7) is 0.300. The van der Waals surface area contributed by atoms with E-state index in [1.54, 1.807) is 6.07 Å². The highest BCUT2D eigenvalue weighted by Crippen LogP contribution is 2.32. The van der Waals surface area contributed by atoms with Crippen LogP contribution < -0.4 is 15.4 Å². The first-order chi connectivity index (χ1) is 14.6. The van der Waals surface area contributed by atoms with Crippen LogP contribution in [0.15, 0.2) is 60.2 Å². The van der Waals surface area contributed by atoms with Crippen molar-refractivity contribution in [3.05, 3.63) is 71.9 Å². The molecule has 0 bridgehead atoms. The van der Waals surface area contributed by atoms with Crippen molar-refractivity contribution in [1.82, 2.24) is 9.97 Å². The number of carbonyl (C=O) groups is 1. The summed E-state index contributed by atoms with van der Waals surface area (Å²) in [6, 6.07) is 11.8. The molecule has 2 heterocycles. The fourth-order valence-electron chi connectivity index (χ4n) is 2.71. The number of benzene rings is 2. The van der Waals surface area contributed by atoms with Crippen LogP contribution >= 0.6 is 11.3 Å². The Morgan fingerprint density at radius 1 is 1.03 bits per heavy atom. The maximum atomic E-state index is 14.5. The second-order valence-electron chi connectivity index (χ2n) is 6.29. The number of halogens is 2. The molecule has 0 unspecified atom stereocenters. The molecule has 9 heteroatoms. The van der Waals surface area contributed by atoms with E-state index in [2.05, 4.69) is 20.6 Å². The van der Waals surface area contributed by atoms with Crippen LogP contribution in [0.4, 0.5) is 20.2 Å². The van der Waals surface area contributed by atoms with Gasteiger partial charge in [-0.25, -0.2) is 18.7 Å². The third kappa shape index (κ3) is 4.69. The van der Waals surface area contributed by atoms with E-state index in [9.17, 15) is 13.6 Å².